The molecule has 2 aromatic carbocycles. The fraction of sp³-hybridized carbons (Fsp3) is 0.208. The third-order valence-electron chi connectivity index (χ3n) is 5.21. The van der Waals surface area contributed by atoms with Crippen LogP contribution in [0, 0.1) is 24.0 Å². The zero-order valence-electron chi connectivity index (χ0n) is 19.7. The molecule has 0 atom stereocenters. The average Bonchev–Trinajstić information content (AvgIpc) is 3.14. The molecule has 194 valence electrons. The van der Waals surface area contributed by atoms with E-state index in [0.29, 0.717) is 16.9 Å². The highest BCUT2D eigenvalue weighted by Gasteiger charge is 2.34. The number of rotatable bonds is 7. The van der Waals surface area contributed by atoms with E-state index < -0.39 is 40.1 Å². The number of para-hydroxylation sites is 1. The molecule has 2 amide bonds. The van der Waals surface area contributed by atoms with Gasteiger partial charge in [-0.1, -0.05) is 18.2 Å². The van der Waals surface area contributed by atoms with Gasteiger partial charge in [0.15, 0.2) is 0 Å². The lowest BCUT2D eigenvalue weighted by Gasteiger charge is -2.13. The second kappa shape index (κ2) is 10.8. The molecule has 0 spiro atoms. The van der Waals surface area contributed by atoms with E-state index in [2.05, 4.69) is 10.6 Å². The second-order valence-electron chi connectivity index (χ2n) is 7.69. The highest BCUT2D eigenvalue weighted by atomic mass is 32.1. The van der Waals surface area contributed by atoms with Crippen LogP contribution in [0.1, 0.15) is 54.0 Å². The molecule has 9 nitrogen and oxygen atoms in total. The van der Waals surface area contributed by atoms with Crippen molar-refractivity contribution in [3.63, 3.8) is 0 Å². The Hall–Kier alpha value is -4.26. The molecule has 0 saturated heterocycles. The summed E-state index contributed by atoms with van der Waals surface area (Å²) in [6.07, 6.45) is -4.72. The van der Waals surface area contributed by atoms with E-state index in [-0.39, 0.29) is 38.9 Å². The Balaban J connectivity index is 2.00. The number of amides is 2. The first-order valence-electron chi connectivity index (χ1n) is 10.7. The number of hydrogen-bond acceptors (Lipinski definition) is 7. The first kappa shape index (κ1) is 27.3. The number of carbonyl (C=O) groups excluding carboxylic acids is 3. The number of ether oxygens (including phenoxy) is 1. The zero-order chi connectivity index (χ0) is 27.5. The number of halogens is 3. The number of aryl methyl sites for hydroxylation is 1. The number of alkyl halides is 3. The molecule has 1 heterocycles. The largest absolute Gasteiger partial charge is 0.462 e. The first-order chi connectivity index (χ1) is 17.3. The van der Waals surface area contributed by atoms with E-state index in [1.54, 1.807) is 6.92 Å². The van der Waals surface area contributed by atoms with Crippen molar-refractivity contribution in [2.24, 2.45) is 0 Å². The fourth-order valence-corrected chi connectivity index (χ4v) is 4.49. The van der Waals surface area contributed by atoms with E-state index in [1.807, 2.05) is 0 Å². The van der Waals surface area contributed by atoms with Crippen molar-refractivity contribution in [3.8, 4) is 0 Å². The lowest BCUT2D eigenvalue weighted by molar-refractivity contribution is -0.385. The molecule has 1 aromatic heterocycles. The quantitative estimate of drug-likeness (QED) is 0.218. The summed E-state index contributed by atoms with van der Waals surface area (Å²) in [5.41, 5.74) is -1.65. The maximum Gasteiger partial charge on any atom is 0.418 e. The third-order valence-corrected chi connectivity index (χ3v) is 6.41. The number of nitro benzene ring substituents is 1. The number of nitrogens with zero attached hydrogens (tertiary/aromatic N) is 1. The maximum absolute atomic E-state index is 13.3. The monoisotopic (exact) mass is 535 g/mol. The Labute approximate surface area is 212 Å². The van der Waals surface area contributed by atoms with E-state index in [4.69, 9.17) is 4.74 Å². The number of esters is 1. The van der Waals surface area contributed by atoms with Crippen molar-refractivity contribution in [2.75, 3.05) is 17.2 Å². The normalized spacial score (nSPS) is 11.1. The predicted molar refractivity (Wildman–Crippen MR) is 130 cm³/mol. The van der Waals surface area contributed by atoms with Crippen LogP contribution in [0.3, 0.4) is 0 Å². The smallest absolute Gasteiger partial charge is 0.418 e. The molecule has 0 aliphatic heterocycles. The molecule has 2 N–H and O–H groups in total. The van der Waals surface area contributed by atoms with Crippen LogP contribution in [0.25, 0.3) is 0 Å². The van der Waals surface area contributed by atoms with Crippen molar-refractivity contribution in [1.29, 1.82) is 0 Å². The Bertz CT molecular complexity index is 1400. The minimum Gasteiger partial charge on any atom is -0.462 e. The standard InChI is InChI=1S/C24H20F3N3O6S/c1-4-36-23(33)18-13(3)19(21(32)28-16-8-6-5-7-15(16)24(25,26)27)37-22(18)29-20(31)14-10-9-12(2)17(11-14)30(34)35/h5-11H,4H2,1-3H3,(H,28,32)(H,29,31). The Kier molecular flexibility index (Phi) is 7.96. The first-order valence-corrected chi connectivity index (χ1v) is 11.5. The van der Waals surface area contributed by atoms with Gasteiger partial charge >= 0.3 is 12.1 Å². The van der Waals surface area contributed by atoms with Crippen LogP contribution in [0.4, 0.5) is 29.5 Å². The minimum atomic E-state index is -4.72. The lowest BCUT2D eigenvalue weighted by Crippen LogP contribution is -2.17. The van der Waals surface area contributed by atoms with Crippen LogP contribution in [0.5, 0.6) is 0 Å². The molecule has 0 unspecified atom stereocenters. The lowest BCUT2D eigenvalue weighted by atomic mass is 10.1. The zero-order valence-corrected chi connectivity index (χ0v) is 20.5. The van der Waals surface area contributed by atoms with Gasteiger partial charge in [0.25, 0.3) is 17.5 Å². The average molecular weight is 536 g/mol. The maximum atomic E-state index is 13.3. The summed E-state index contributed by atoms with van der Waals surface area (Å²) in [5, 5.41) is 15.8. The van der Waals surface area contributed by atoms with E-state index >= 15 is 0 Å². The Morgan fingerprint density at radius 2 is 1.73 bits per heavy atom. The SMILES string of the molecule is CCOC(=O)c1c(NC(=O)c2ccc(C)c([N+](=O)[O-])c2)sc(C(=O)Nc2ccccc2C(F)(F)F)c1C. The van der Waals surface area contributed by atoms with Gasteiger partial charge in [-0.2, -0.15) is 13.2 Å². The summed E-state index contributed by atoms with van der Waals surface area (Å²) in [6.45, 7) is 4.42. The molecule has 3 rings (SSSR count). The minimum absolute atomic E-state index is 0.0217. The van der Waals surface area contributed by atoms with Crippen LogP contribution in [-0.4, -0.2) is 29.3 Å². The number of nitro groups is 1. The van der Waals surface area contributed by atoms with Gasteiger partial charge in [0.05, 0.1) is 33.2 Å². The van der Waals surface area contributed by atoms with Crippen LogP contribution in [-0.2, 0) is 10.9 Å². The van der Waals surface area contributed by atoms with Gasteiger partial charge in [0, 0.05) is 17.2 Å². The summed E-state index contributed by atoms with van der Waals surface area (Å²) in [6, 6.07) is 8.20. The van der Waals surface area contributed by atoms with Gasteiger partial charge in [-0.3, -0.25) is 19.7 Å². The van der Waals surface area contributed by atoms with Gasteiger partial charge in [-0.25, -0.2) is 4.79 Å². The van der Waals surface area contributed by atoms with Crippen molar-refractivity contribution in [1.82, 2.24) is 0 Å². The molecule has 37 heavy (non-hydrogen) atoms. The molecule has 3 aromatic rings. The highest BCUT2D eigenvalue weighted by Crippen LogP contribution is 2.37. The molecule has 0 aliphatic carbocycles. The fourth-order valence-electron chi connectivity index (χ4n) is 3.41. The van der Waals surface area contributed by atoms with Crippen molar-refractivity contribution >= 4 is 45.5 Å². The van der Waals surface area contributed by atoms with Crippen molar-refractivity contribution < 1.29 is 37.2 Å². The second-order valence-corrected chi connectivity index (χ2v) is 8.71. The number of thiophene rings is 1. The van der Waals surface area contributed by atoms with Gasteiger partial charge in [0.1, 0.15) is 5.00 Å². The number of anilines is 2. The molecular weight excluding hydrogens is 515 g/mol. The predicted octanol–water partition coefficient (Wildman–Crippen LogP) is 5.97. The molecule has 0 saturated carbocycles. The summed E-state index contributed by atoms with van der Waals surface area (Å²) < 4.78 is 45.1. The molecule has 0 radical (unpaired) electrons. The van der Waals surface area contributed by atoms with Gasteiger partial charge in [0.2, 0.25) is 0 Å². The van der Waals surface area contributed by atoms with E-state index in [0.717, 1.165) is 18.2 Å². The number of hydrogen-bond donors (Lipinski definition) is 2. The van der Waals surface area contributed by atoms with E-state index in [9.17, 15) is 37.7 Å². The van der Waals surface area contributed by atoms with Crippen LogP contribution < -0.4 is 10.6 Å². The van der Waals surface area contributed by atoms with Crippen LogP contribution in [0.15, 0.2) is 42.5 Å². The van der Waals surface area contributed by atoms with Crippen molar-refractivity contribution in [2.45, 2.75) is 26.9 Å². The van der Waals surface area contributed by atoms with E-state index in [1.165, 1.54) is 38.1 Å². The summed E-state index contributed by atoms with van der Waals surface area (Å²) in [5.74, 6) is -2.60. The Morgan fingerprint density at radius 1 is 1.05 bits per heavy atom. The molecular formula is C24H20F3N3O6S. The van der Waals surface area contributed by atoms with Crippen LogP contribution in [0.2, 0.25) is 0 Å². The third kappa shape index (κ3) is 5.94. The number of carbonyl (C=O) groups is 3. The van der Waals surface area contributed by atoms with Gasteiger partial charge in [-0.05, 0) is 44.5 Å². The molecule has 0 aliphatic rings. The number of benzene rings is 2. The molecule has 13 heteroatoms. The summed E-state index contributed by atoms with van der Waals surface area (Å²) in [4.78, 5) is 48.9. The highest BCUT2D eigenvalue weighted by molar-refractivity contribution is 7.19. The summed E-state index contributed by atoms with van der Waals surface area (Å²) in [7, 11) is 0. The van der Waals surface area contributed by atoms with Gasteiger partial charge < -0.3 is 15.4 Å². The number of nitrogens with one attached hydrogen (secondary N) is 2. The summed E-state index contributed by atoms with van der Waals surface area (Å²) >= 11 is 0.658. The Morgan fingerprint density at radius 3 is 2.35 bits per heavy atom. The van der Waals surface area contributed by atoms with Crippen LogP contribution >= 0.6 is 11.3 Å². The van der Waals surface area contributed by atoms with Crippen molar-refractivity contribution in [3.05, 3.63) is 85.3 Å². The van der Waals surface area contributed by atoms with Gasteiger partial charge in [-0.15, -0.1) is 11.3 Å². The molecule has 0 bridgehead atoms. The topological polar surface area (TPSA) is 128 Å². The molecule has 0 fully saturated rings.